The molecule has 0 saturated carbocycles. The number of rotatable bonds is 3. The lowest BCUT2D eigenvalue weighted by atomic mass is 10.1. The summed E-state index contributed by atoms with van der Waals surface area (Å²) in [5.41, 5.74) is 1.48. The molecule has 1 atom stereocenters. The zero-order valence-corrected chi connectivity index (χ0v) is 9.74. The lowest BCUT2D eigenvalue weighted by molar-refractivity contribution is -0.136. The van der Waals surface area contributed by atoms with Crippen LogP contribution in [0.3, 0.4) is 0 Å². The number of benzene rings is 1. The van der Waals surface area contributed by atoms with Gasteiger partial charge in [-0.2, -0.15) is 0 Å². The maximum atomic E-state index is 11.6. The number of fused-ring (bicyclic) bond motifs is 1. The number of carbonyl (C=O) groups excluding carboxylic acids is 1. The third-order valence-electron chi connectivity index (χ3n) is 2.30. The number of aliphatic carboxylic acids is 1. The number of amides is 1. The largest absolute Gasteiger partial charge is 0.480 e. The molecule has 0 aliphatic carbocycles. The van der Waals surface area contributed by atoms with E-state index in [0.717, 1.165) is 15.7 Å². The summed E-state index contributed by atoms with van der Waals surface area (Å²) >= 11 is 3.31. The van der Waals surface area contributed by atoms with Crippen molar-refractivity contribution in [3.05, 3.63) is 28.2 Å². The van der Waals surface area contributed by atoms with Crippen LogP contribution in [0.5, 0.6) is 0 Å². The van der Waals surface area contributed by atoms with Crippen molar-refractivity contribution in [2.45, 2.75) is 6.04 Å². The first-order valence-corrected chi connectivity index (χ1v) is 5.43. The average molecular weight is 285 g/mol. The smallest absolute Gasteiger partial charge is 0.317 e. The molecule has 1 aromatic carbocycles. The Labute approximate surface area is 100.0 Å². The highest BCUT2D eigenvalue weighted by molar-refractivity contribution is 9.10. The number of carboxylic acids is 1. The summed E-state index contributed by atoms with van der Waals surface area (Å²) < 4.78 is 0.852. The van der Waals surface area contributed by atoms with Crippen LogP contribution in [0.25, 0.3) is 0 Å². The van der Waals surface area contributed by atoms with E-state index in [4.69, 9.17) is 5.11 Å². The van der Waals surface area contributed by atoms with Crippen molar-refractivity contribution >= 4 is 33.5 Å². The van der Waals surface area contributed by atoms with Gasteiger partial charge in [-0.05, 0) is 18.2 Å². The molecule has 6 heteroatoms. The molecule has 84 valence electrons. The van der Waals surface area contributed by atoms with Crippen LogP contribution in [0.15, 0.2) is 22.7 Å². The first-order valence-electron chi connectivity index (χ1n) is 4.63. The third-order valence-corrected chi connectivity index (χ3v) is 2.80. The highest BCUT2D eigenvalue weighted by atomic mass is 79.9. The molecule has 0 spiro atoms. The summed E-state index contributed by atoms with van der Waals surface area (Å²) in [5.74, 6) is -1.22. The van der Waals surface area contributed by atoms with E-state index in [9.17, 15) is 9.59 Å². The number of nitrogens with one attached hydrogen (secondary N) is 2. The average Bonchev–Trinajstić information content (AvgIpc) is 2.51. The molecule has 3 N–H and O–H groups in total. The van der Waals surface area contributed by atoms with Crippen LogP contribution in [0.2, 0.25) is 0 Å². The van der Waals surface area contributed by atoms with E-state index in [0.29, 0.717) is 0 Å². The number of hydrogen-bond acceptors (Lipinski definition) is 3. The summed E-state index contributed by atoms with van der Waals surface area (Å²) in [5, 5.41) is 13.9. The molecule has 1 unspecified atom stereocenters. The summed E-state index contributed by atoms with van der Waals surface area (Å²) in [4.78, 5) is 22.0. The van der Waals surface area contributed by atoms with Gasteiger partial charge in [0.2, 0.25) is 5.91 Å². The van der Waals surface area contributed by atoms with Gasteiger partial charge in [-0.15, -0.1) is 0 Å². The van der Waals surface area contributed by atoms with Gasteiger partial charge in [-0.3, -0.25) is 14.9 Å². The van der Waals surface area contributed by atoms with Crippen LogP contribution in [0.4, 0.5) is 5.69 Å². The number of halogens is 1. The fourth-order valence-electron chi connectivity index (χ4n) is 1.62. The zero-order valence-electron chi connectivity index (χ0n) is 8.16. The predicted molar refractivity (Wildman–Crippen MR) is 61.2 cm³/mol. The Morgan fingerprint density at radius 3 is 3.00 bits per heavy atom. The van der Waals surface area contributed by atoms with Gasteiger partial charge in [0.1, 0.15) is 6.04 Å². The fraction of sp³-hybridized carbons (Fsp3) is 0.200. The quantitative estimate of drug-likeness (QED) is 0.777. The van der Waals surface area contributed by atoms with E-state index >= 15 is 0 Å². The van der Waals surface area contributed by atoms with Crippen LogP contribution >= 0.6 is 15.9 Å². The van der Waals surface area contributed by atoms with Crippen molar-refractivity contribution in [3.63, 3.8) is 0 Å². The highest BCUT2D eigenvalue weighted by Gasteiger charge is 2.30. The fourth-order valence-corrected chi connectivity index (χ4v) is 2.00. The van der Waals surface area contributed by atoms with Crippen molar-refractivity contribution in [1.29, 1.82) is 0 Å². The Morgan fingerprint density at radius 2 is 2.31 bits per heavy atom. The summed E-state index contributed by atoms with van der Waals surface area (Å²) in [7, 11) is 0. The SMILES string of the molecule is O=C(O)CNC1C(=O)Nc2ccc(Br)cc21. The number of anilines is 1. The molecule has 0 bridgehead atoms. The molecule has 0 aromatic heterocycles. The standard InChI is InChI=1S/C10H9BrN2O3/c11-5-1-2-7-6(3-5)9(10(16)13-7)12-4-8(14)15/h1-3,9,12H,4H2,(H,13,16)(H,14,15). The molecule has 5 nitrogen and oxygen atoms in total. The summed E-state index contributed by atoms with van der Waals surface area (Å²) in [6.45, 7) is -0.246. The van der Waals surface area contributed by atoms with Crippen molar-refractivity contribution < 1.29 is 14.7 Å². The van der Waals surface area contributed by atoms with Gasteiger partial charge >= 0.3 is 5.97 Å². The van der Waals surface area contributed by atoms with Gasteiger partial charge in [0.05, 0.1) is 6.54 Å². The maximum Gasteiger partial charge on any atom is 0.317 e. The van der Waals surface area contributed by atoms with E-state index in [1.807, 2.05) is 6.07 Å². The third kappa shape index (κ3) is 2.07. The van der Waals surface area contributed by atoms with E-state index in [1.54, 1.807) is 12.1 Å². The Kier molecular flexibility index (Phi) is 2.93. The molecule has 2 rings (SSSR count). The van der Waals surface area contributed by atoms with Crippen molar-refractivity contribution in [2.75, 3.05) is 11.9 Å². The van der Waals surface area contributed by atoms with E-state index < -0.39 is 12.0 Å². The van der Waals surface area contributed by atoms with E-state index in [1.165, 1.54) is 0 Å². The molecular formula is C10H9BrN2O3. The van der Waals surface area contributed by atoms with Crippen molar-refractivity contribution in [3.8, 4) is 0 Å². The molecule has 1 amide bonds. The minimum absolute atomic E-state index is 0.227. The highest BCUT2D eigenvalue weighted by Crippen LogP contribution is 2.32. The summed E-state index contributed by atoms with van der Waals surface area (Å²) in [6.07, 6.45) is 0. The maximum absolute atomic E-state index is 11.6. The van der Waals surface area contributed by atoms with Crippen LogP contribution in [0, 0.1) is 0 Å². The molecule has 0 fully saturated rings. The molecule has 1 aliphatic rings. The Balaban J connectivity index is 2.24. The zero-order chi connectivity index (χ0) is 11.7. The lowest BCUT2D eigenvalue weighted by Gasteiger charge is -2.09. The van der Waals surface area contributed by atoms with Gasteiger partial charge in [-0.25, -0.2) is 0 Å². The second-order valence-electron chi connectivity index (χ2n) is 3.43. The molecule has 0 radical (unpaired) electrons. The van der Waals surface area contributed by atoms with E-state index in [2.05, 4.69) is 26.6 Å². The number of carboxylic acid groups (broad SMARTS) is 1. The predicted octanol–water partition coefficient (Wildman–Crippen LogP) is 1.12. The second-order valence-corrected chi connectivity index (χ2v) is 4.34. The summed E-state index contributed by atoms with van der Waals surface area (Å²) in [6, 6.07) is 4.80. The second kappa shape index (κ2) is 4.23. The van der Waals surface area contributed by atoms with Gasteiger partial charge in [0, 0.05) is 15.7 Å². The number of carbonyl (C=O) groups is 2. The van der Waals surface area contributed by atoms with Crippen LogP contribution < -0.4 is 10.6 Å². The van der Waals surface area contributed by atoms with Crippen LogP contribution in [-0.2, 0) is 9.59 Å². The van der Waals surface area contributed by atoms with Gasteiger partial charge in [0.15, 0.2) is 0 Å². The lowest BCUT2D eigenvalue weighted by Crippen LogP contribution is -2.31. The van der Waals surface area contributed by atoms with Gasteiger partial charge < -0.3 is 10.4 Å². The normalized spacial score (nSPS) is 18.1. The minimum atomic E-state index is -0.990. The van der Waals surface area contributed by atoms with Crippen molar-refractivity contribution in [1.82, 2.24) is 5.32 Å². The Morgan fingerprint density at radius 1 is 1.56 bits per heavy atom. The van der Waals surface area contributed by atoms with Crippen molar-refractivity contribution in [2.24, 2.45) is 0 Å². The molecule has 1 heterocycles. The van der Waals surface area contributed by atoms with E-state index in [-0.39, 0.29) is 12.5 Å². The molecule has 1 aromatic rings. The Bertz CT molecular complexity index is 461. The topological polar surface area (TPSA) is 78.4 Å². The Hall–Kier alpha value is -1.40. The van der Waals surface area contributed by atoms with Crippen LogP contribution in [-0.4, -0.2) is 23.5 Å². The molecule has 1 aliphatic heterocycles. The van der Waals surface area contributed by atoms with Crippen LogP contribution in [0.1, 0.15) is 11.6 Å². The molecular weight excluding hydrogens is 276 g/mol. The first-order chi connectivity index (χ1) is 7.58. The number of hydrogen-bond donors (Lipinski definition) is 3. The molecule has 0 saturated heterocycles. The minimum Gasteiger partial charge on any atom is -0.480 e. The molecule has 16 heavy (non-hydrogen) atoms. The first kappa shape index (κ1) is 11.1. The van der Waals surface area contributed by atoms with Gasteiger partial charge in [-0.1, -0.05) is 15.9 Å². The monoisotopic (exact) mass is 284 g/mol. The van der Waals surface area contributed by atoms with Gasteiger partial charge in [0.25, 0.3) is 0 Å².